The van der Waals surface area contributed by atoms with Gasteiger partial charge in [-0.3, -0.25) is 9.36 Å². The van der Waals surface area contributed by atoms with E-state index in [1.165, 1.54) is 14.1 Å². The van der Waals surface area contributed by atoms with Crippen molar-refractivity contribution in [3.05, 3.63) is 27.0 Å². The number of aromatic nitrogens is 2. The molecule has 0 radical (unpaired) electrons. The van der Waals surface area contributed by atoms with Crippen molar-refractivity contribution in [1.29, 1.82) is 0 Å². The van der Waals surface area contributed by atoms with Crippen molar-refractivity contribution in [2.75, 3.05) is 33.4 Å². The molecular weight excluding hydrogens is 300 g/mol. The third-order valence-electron chi connectivity index (χ3n) is 2.78. The molecule has 2 N–H and O–H groups in total. The molecule has 10 heteroatoms. The minimum absolute atomic E-state index is 0.123. The minimum atomic E-state index is -3.96. The monoisotopic (exact) mass is 320 g/mol. The third kappa shape index (κ3) is 4.49. The van der Waals surface area contributed by atoms with Crippen molar-refractivity contribution in [3.63, 3.8) is 0 Å². The second-order valence-electron chi connectivity index (χ2n) is 4.39. The Morgan fingerprint density at radius 3 is 2.48 bits per heavy atom. The molecule has 0 atom stereocenters. The molecule has 0 unspecified atom stereocenters. The second kappa shape index (κ2) is 7.50. The molecular formula is C11H20N4O5S. The van der Waals surface area contributed by atoms with Gasteiger partial charge in [0, 0.05) is 47.0 Å². The normalized spacial score (nSPS) is 11.8. The molecule has 0 fully saturated rings. The van der Waals surface area contributed by atoms with Crippen LogP contribution in [0.4, 0.5) is 0 Å². The standard InChI is InChI=1S/C11H20N4O5S/c1-14-8-9(10(16)15(2)11(14)17)21(18,19)13-5-4-12-6-7-20-3/h8,12-13H,4-7H2,1-3H3. The smallest absolute Gasteiger partial charge is 0.330 e. The number of aryl methyl sites for hydroxylation is 1. The van der Waals surface area contributed by atoms with E-state index in [9.17, 15) is 18.0 Å². The lowest BCUT2D eigenvalue weighted by atomic mass is 10.6. The van der Waals surface area contributed by atoms with E-state index >= 15 is 0 Å². The van der Waals surface area contributed by atoms with Gasteiger partial charge in [-0.1, -0.05) is 0 Å². The lowest BCUT2D eigenvalue weighted by Crippen LogP contribution is -2.42. The maximum Gasteiger partial charge on any atom is 0.330 e. The highest BCUT2D eigenvalue weighted by molar-refractivity contribution is 7.89. The molecule has 0 saturated heterocycles. The first kappa shape index (κ1) is 17.6. The van der Waals surface area contributed by atoms with E-state index in [-0.39, 0.29) is 6.54 Å². The Labute approximate surface area is 122 Å². The van der Waals surface area contributed by atoms with Crippen LogP contribution in [0.5, 0.6) is 0 Å². The highest BCUT2D eigenvalue weighted by Gasteiger charge is 2.20. The first-order valence-electron chi connectivity index (χ1n) is 6.27. The predicted molar refractivity (Wildman–Crippen MR) is 76.9 cm³/mol. The van der Waals surface area contributed by atoms with Crippen LogP contribution in [0.3, 0.4) is 0 Å². The summed E-state index contributed by atoms with van der Waals surface area (Å²) in [6, 6.07) is 0. The first-order valence-corrected chi connectivity index (χ1v) is 7.75. The van der Waals surface area contributed by atoms with Crippen LogP contribution >= 0.6 is 0 Å². The quantitative estimate of drug-likeness (QED) is 0.517. The van der Waals surface area contributed by atoms with Gasteiger partial charge in [0.15, 0.2) is 4.90 Å². The number of rotatable bonds is 8. The molecule has 0 aromatic carbocycles. The summed E-state index contributed by atoms with van der Waals surface area (Å²) in [7, 11) is 0.224. The number of sulfonamides is 1. The molecule has 1 aromatic heterocycles. The summed E-state index contributed by atoms with van der Waals surface area (Å²) in [4.78, 5) is 22.9. The van der Waals surface area contributed by atoms with Gasteiger partial charge in [-0.15, -0.1) is 0 Å². The van der Waals surface area contributed by atoms with Crippen LogP contribution in [0.25, 0.3) is 0 Å². The summed E-state index contributed by atoms with van der Waals surface area (Å²) in [5.41, 5.74) is -1.43. The van der Waals surface area contributed by atoms with Crippen molar-refractivity contribution >= 4 is 10.0 Å². The molecule has 0 bridgehead atoms. The van der Waals surface area contributed by atoms with Gasteiger partial charge in [-0.05, 0) is 0 Å². The van der Waals surface area contributed by atoms with E-state index in [1.807, 2.05) is 0 Å². The lowest BCUT2D eigenvalue weighted by Gasteiger charge is -2.09. The fourth-order valence-electron chi connectivity index (χ4n) is 1.61. The van der Waals surface area contributed by atoms with Crippen LogP contribution in [-0.4, -0.2) is 50.9 Å². The maximum absolute atomic E-state index is 12.1. The van der Waals surface area contributed by atoms with Crippen molar-refractivity contribution in [3.8, 4) is 0 Å². The third-order valence-corrected chi connectivity index (χ3v) is 4.22. The predicted octanol–water partition coefficient (Wildman–Crippen LogP) is -2.40. The van der Waals surface area contributed by atoms with Crippen molar-refractivity contribution in [1.82, 2.24) is 19.2 Å². The van der Waals surface area contributed by atoms with E-state index < -0.39 is 26.2 Å². The SMILES string of the molecule is COCCNCCNS(=O)(=O)c1cn(C)c(=O)n(C)c1=O. The molecule has 1 heterocycles. The molecule has 0 amide bonds. The Hall–Kier alpha value is -1.49. The lowest BCUT2D eigenvalue weighted by molar-refractivity contribution is 0.199. The zero-order valence-corrected chi connectivity index (χ0v) is 13.1. The van der Waals surface area contributed by atoms with Crippen LogP contribution in [-0.2, 0) is 28.9 Å². The number of methoxy groups -OCH3 is 1. The molecule has 0 aliphatic heterocycles. The van der Waals surface area contributed by atoms with Gasteiger partial charge in [-0.2, -0.15) is 0 Å². The van der Waals surface area contributed by atoms with Gasteiger partial charge in [0.25, 0.3) is 5.56 Å². The fraction of sp³-hybridized carbons (Fsp3) is 0.636. The van der Waals surface area contributed by atoms with Crippen molar-refractivity contribution < 1.29 is 13.2 Å². The first-order chi connectivity index (χ1) is 9.81. The van der Waals surface area contributed by atoms with Crippen LogP contribution in [0.15, 0.2) is 20.7 Å². The van der Waals surface area contributed by atoms with Gasteiger partial charge in [-0.25, -0.2) is 17.9 Å². The number of nitrogens with zero attached hydrogens (tertiary/aromatic N) is 2. The largest absolute Gasteiger partial charge is 0.383 e. The Balaban J connectivity index is 2.80. The summed E-state index contributed by atoms with van der Waals surface area (Å²) >= 11 is 0. The van der Waals surface area contributed by atoms with E-state index in [0.29, 0.717) is 19.7 Å². The van der Waals surface area contributed by atoms with Crippen molar-refractivity contribution in [2.45, 2.75) is 4.90 Å². The van der Waals surface area contributed by atoms with Crippen LogP contribution < -0.4 is 21.3 Å². The van der Waals surface area contributed by atoms with Crippen LogP contribution in [0, 0.1) is 0 Å². The van der Waals surface area contributed by atoms with E-state index in [0.717, 1.165) is 15.3 Å². The minimum Gasteiger partial charge on any atom is -0.383 e. The fourth-order valence-corrected chi connectivity index (χ4v) is 2.80. The molecule has 9 nitrogen and oxygen atoms in total. The number of nitrogens with one attached hydrogen (secondary N) is 2. The van der Waals surface area contributed by atoms with Gasteiger partial charge < -0.3 is 14.6 Å². The van der Waals surface area contributed by atoms with Gasteiger partial charge in [0.1, 0.15) is 0 Å². The zero-order valence-electron chi connectivity index (χ0n) is 12.2. The Kier molecular flexibility index (Phi) is 6.27. The summed E-state index contributed by atoms with van der Waals surface area (Å²) in [5.74, 6) is 0. The van der Waals surface area contributed by atoms with Crippen molar-refractivity contribution in [2.24, 2.45) is 14.1 Å². The van der Waals surface area contributed by atoms with Gasteiger partial charge >= 0.3 is 5.69 Å². The van der Waals surface area contributed by atoms with Gasteiger partial charge in [0.05, 0.1) is 6.61 Å². The second-order valence-corrected chi connectivity index (χ2v) is 6.13. The molecule has 0 saturated carbocycles. The topological polar surface area (TPSA) is 111 Å². The Morgan fingerprint density at radius 1 is 1.19 bits per heavy atom. The summed E-state index contributed by atoms with van der Waals surface area (Å²) in [6.45, 7) is 1.64. The zero-order chi connectivity index (χ0) is 16.0. The van der Waals surface area contributed by atoms with E-state index in [2.05, 4.69) is 10.0 Å². The summed E-state index contributed by atoms with van der Waals surface area (Å²) in [6.07, 6.45) is 1.02. The van der Waals surface area contributed by atoms with Crippen LogP contribution in [0.2, 0.25) is 0 Å². The molecule has 0 aliphatic carbocycles. The van der Waals surface area contributed by atoms with E-state index in [4.69, 9.17) is 4.74 Å². The highest BCUT2D eigenvalue weighted by Crippen LogP contribution is 1.98. The number of hydrogen-bond donors (Lipinski definition) is 2. The molecule has 0 spiro atoms. The highest BCUT2D eigenvalue weighted by atomic mass is 32.2. The molecule has 0 aliphatic rings. The number of ether oxygens (including phenoxy) is 1. The summed E-state index contributed by atoms with van der Waals surface area (Å²) < 4.78 is 33.1. The maximum atomic E-state index is 12.1. The molecule has 21 heavy (non-hydrogen) atoms. The average molecular weight is 320 g/mol. The molecule has 1 aromatic rings. The average Bonchev–Trinajstić information content (AvgIpc) is 2.44. The molecule has 1 rings (SSSR count). The molecule has 120 valence electrons. The Bertz CT molecular complexity index is 692. The Morgan fingerprint density at radius 2 is 1.86 bits per heavy atom. The summed E-state index contributed by atoms with van der Waals surface area (Å²) in [5, 5.41) is 2.97. The van der Waals surface area contributed by atoms with Gasteiger partial charge in [0.2, 0.25) is 10.0 Å². The van der Waals surface area contributed by atoms with E-state index in [1.54, 1.807) is 7.11 Å². The number of hydrogen-bond acceptors (Lipinski definition) is 6. The van der Waals surface area contributed by atoms with Crippen LogP contribution in [0.1, 0.15) is 0 Å².